The minimum absolute atomic E-state index is 0.492. The molecule has 0 unspecified atom stereocenters. The normalized spacial score (nSPS) is 15.0. The third kappa shape index (κ3) is 3.41. The van der Waals surface area contributed by atoms with Crippen LogP contribution in [0.4, 0.5) is 0 Å². The van der Waals surface area contributed by atoms with Crippen molar-refractivity contribution >= 4 is 27.1 Å². The third-order valence-electron chi connectivity index (χ3n) is 7.40. The minimum atomic E-state index is 0.492. The molecule has 2 bridgehead atoms. The molecule has 36 heavy (non-hydrogen) atoms. The Morgan fingerprint density at radius 1 is 0.528 bits per heavy atom. The van der Waals surface area contributed by atoms with Crippen LogP contribution in [-0.4, -0.2) is 0 Å². The van der Waals surface area contributed by atoms with E-state index < -0.39 is 0 Å². The number of fused-ring (bicyclic) bond motifs is 2. The molecule has 2 nitrogen and oxygen atoms in total. The van der Waals surface area contributed by atoms with Crippen LogP contribution < -0.4 is 4.74 Å². The summed E-state index contributed by atoms with van der Waals surface area (Å²) in [6.07, 6.45) is 6.36. The first-order valence-electron chi connectivity index (χ1n) is 12.6. The maximum atomic E-state index is 6.58. The molecule has 0 fully saturated rings. The van der Waals surface area contributed by atoms with E-state index in [1.54, 1.807) is 0 Å². The molecule has 0 spiro atoms. The lowest BCUT2D eigenvalue weighted by atomic mass is 9.83. The highest BCUT2D eigenvalue weighted by molar-refractivity contribution is 6.19. The fourth-order valence-electron chi connectivity index (χ4n) is 5.72. The van der Waals surface area contributed by atoms with E-state index >= 15 is 0 Å². The molecule has 1 aliphatic carbocycles. The maximum absolute atomic E-state index is 6.58. The number of hydrogen-bond acceptors (Lipinski definition) is 2. The Labute approximate surface area is 211 Å². The van der Waals surface area contributed by atoms with Crippen LogP contribution in [0.3, 0.4) is 0 Å². The fraction of sp³-hybridized carbons (Fsp3) is 0.118. The summed E-state index contributed by atoms with van der Waals surface area (Å²) in [6, 6.07) is 34.4. The zero-order valence-electron chi connectivity index (χ0n) is 20.0. The van der Waals surface area contributed by atoms with E-state index in [2.05, 4.69) is 109 Å². The summed E-state index contributed by atoms with van der Waals surface area (Å²) >= 11 is 0. The van der Waals surface area contributed by atoms with Gasteiger partial charge in [-0.3, -0.25) is 0 Å². The average molecular weight is 467 g/mol. The highest BCUT2D eigenvalue weighted by atomic mass is 16.5. The van der Waals surface area contributed by atoms with Crippen LogP contribution in [0.15, 0.2) is 115 Å². The van der Waals surface area contributed by atoms with Crippen molar-refractivity contribution < 1.29 is 9.47 Å². The van der Waals surface area contributed by atoms with Crippen LogP contribution >= 0.6 is 0 Å². The fourth-order valence-corrected chi connectivity index (χ4v) is 5.72. The van der Waals surface area contributed by atoms with Crippen LogP contribution in [0.2, 0.25) is 0 Å². The summed E-state index contributed by atoms with van der Waals surface area (Å²) in [5.41, 5.74) is 7.22. The van der Waals surface area contributed by atoms with Gasteiger partial charge in [0.25, 0.3) is 0 Å². The van der Waals surface area contributed by atoms with Gasteiger partial charge < -0.3 is 9.47 Å². The van der Waals surface area contributed by atoms with Gasteiger partial charge in [-0.25, -0.2) is 0 Å². The summed E-state index contributed by atoms with van der Waals surface area (Å²) in [5, 5.41) is 4.98. The number of hydrogen-bond donors (Lipinski definition) is 0. The monoisotopic (exact) mass is 466 g/mol. The summed E-state index contributed by atoms with van der Waals surface area (Å²) in [4.78, 5) is 0. The van der Waals surface area contributed by atoms with Gasteiger partial charge in [0.05, 0.1) is 0 Å². The van der Waals surface area contributed by atoms with Crippen molar-refractivity contribution in [1.82, 2.24) is 0 Å². The van der Waals surface area contributed by atoms with Crippen LogP contribution in [0.25, 0.3) is 38.2 Å². The second-order valence-electron chi connectivity index (χ2n) is 9.47. The summed E-state index contributed by atoms with van der Waals surface area (Å²) in [5.74, 6) is 1.87. The van der Waals surface area contributed by atoms with Gasteiger partial charge in [0.15, 0.2) is 0 Å². The van der Waals surface area contributed by atoms with Gasteiger partial charge in [-0.1, -0.05) is 97.1 Å². The SMILES string of the molecule is C1=CC2=C(CC1)c1c3ccccc3c(c3ccccc13)-c1ccccc1OCc1ccccc1CO2. The number of ether oxygens (including phenoxy) is 2. The third-order valence-corrected chi connectivity index (χ3v) is 7.40. The quantitative estimate of drug-likeness (QED) is 0.212. The largest absolute Gasteiger partial charge is 0.489 e. The Balaban J connectivity index is 1.63. The zero-order chi connectivity index (χ0) is 23.9. The Bertz CT molecular complexity index is 1630. The van der Waals surface area contributed by atoms with Crippen molar-refractivity contribution in [3.8, 4) is 16.9 Å². The summed E-state index contributed by atoms with van der Waals surface area (Å²) in [6.45, 7) is 1.00. The highest BCUT2D eigenvalue weighted by Gasteiger charge is 2.23. The van der Waals surface area contributed by atoms with Crippen LogP contribution in [0.5, 0.6) is 5.75 Å². The molecule has 0 aromatic heterocycles. The molecule has 8 rings (SSSR count). The molecule has 0 radical (unpaired) electrons. The second-order valence-corrected chi connectivity index (χ2v) is 9.47. The second kappa shape index (κ2) is 8.73. The zero-order valence-corrected chi connectivity index (χ0v) is 20.0. The van der Waals surface area contributed by atoms with E-state index in [0.29, 0.717) is 13.2 Å². The molecule has 0 saturated carbocycles. The van der Waals surface area contributed by atoms with Gasteiger partial charge >= 0.3 is 0 Å². The topological polar surface area (TPSA) is 18.5 Å². The number of para-hydroxylation sites is 1. The maximum Gasteiger partial charge on any atom is 0.127 e. The van der Waals surface area contributed by atoms with Gasteiger partial charge in [0.2, 0.25) is 0 Å². The Hall–Kier alpha value is -4.30. The lowest BCUT2D eigenvalue weighted by molar-refractivity contribution is 0.208. The molecule has 0 amide bonds. The minimum Gasteiger partial charge on any atom is -0.489 e. The van der Waals surface area contributed by atoms with Gasteiger partial charge in [-0.05, 0) is 63.2 Å². The average Bonchev–Trinajstić information content (AvgIpc) is 2.94. The standard InChI is InChI=1S/C34H26O2/c1-2-12-24-22-36-32-20-10-8-18-30(32)34-27-15-5-3-13-25(27)33(26-14-4-6-16-28(26)34)29-17-7-9-19-31(29)35-21-23(24)11-1/h1-7,9-17,19-20H,8,18,21-22H2. The van der Waals surface area contributed by atoms with Gasteiger partial charge in [-0.15, -0.1) is 0 Å². The molecular formula is C34H26O2. The Kier molecular flexibility index (Phi) is 5.10. The first-order chi connectivity index (χ1) is 17.9. The van der Waals surface area contributed by atoms with E-state index in [1.165, 1.54) is 38.2 Å². The smallest absolute Gasteiger partial charge is 0.127 e. The van der Waals surface area contributed by atoms with Crippen molar-refractivity contribution in [1.29, 1.82) is 0 Å². The first-order valence-corrected chi connectivity index (χ1v) is 12.6. The molecule has 5 aromatic rings. The van der Waals surface area contributed by atoms with Crippen LogP contribution in [0.1, 0.15) is 29.5 Å². The lowest BCUT2D eigenvalue weighted by Crippen LogP contribution is -2.06. The van der Waals surface area contributed by atoms with Crippen LogP contribution in [0, 0.1) is 0 Å². The number of benzene rings is 5. The molecule has 5 aromatic carbocycles. The number of rotatable bonds is 0. The van der Waals surface area contributed by atoms with Crippen molar-refractivity contribution in [2.24, 2.45) is 0 Å². The lowest BCUT2D eigenvalue weighted by Gasteiger charge is -2.24. The molecular weight excluding hydrogens is 440 g/mol. The van der Waals surface area contributed by atoms with E-state index in [-0.39, 0.29) is 0 Å². The molecule has 0 atom stereocenters. The van der Waals surface area contributed by atoms with Crippen LogP contribution in [-0.2, 0) is 18.0 Å². The molecule has 2 heteroatoms. The van der Waals surface area contributed by atoms with Crippen molar-refractivity contribution in [3.63, 3.8) is 0 Å². The molecule has 2 aliphatic heterocycles. The molecule has 174 valence electrons. The van der Waals surface area contributed by atoms with E-state index in [4.69, 9.17) is 9.47 Å². The van der Waals surface area contributed by atoms with E-state index in [1.807, 2.05) is 0 Å². The number of allylic oxidation sites excluding steroid dienone is 3. The van der Waals surface area contributed by atoms with Crippen molar-refractivity contribution in [2.45, 2.75) is 26.1 Å². The van der Waals surface area contributed by atoms with Gasteiger partial charge in [0, 0.05) is 16.7 Å². The van der Waals surface area contributed by atoms with Gasteiger partial charge in [0.1, 0.15) is 24.7 Å². The Morgan fingerprint density at radius 3 is 1.78 bits per heavy atom. The predicted molar refractivity (Wildman–Crippen MR) is 148 cm³/mol. The predicted octanol–water partition coefficient (Wildman–Crippen LogP) is 8.83. The molecule has 0 saturated heterocycles. The Morgan fingerprint density at radius 2 is 1.08 bits per heavy atom. The summed E-state index contributed by atoms with van der Waals surface area (Å²) in [7, 11) is 0. The molecule has 2 heterocycles. The molecule has 0 N–H and O–H groups in total. The first kappa shape index (κ1) is 21.0. The van der Waals surface area contributed by atoms with Crippen molar-refractivity contribution in [2.75, 3.05) is 0 Å². The summed E-state index contributed by atoms with van der Waals surface area (Å²) < 4.78 is 13.1. The van der Waals surface area contributed by atoms with Gasteiger partial charge in [-0.2, -0.15) is 0 Å². The van der Waals surface area contributed by atoms with E-state index in [9.17, 15) is 0 Å². The van der Waals surface area contributed by atoms with E-state index in [0.717, 1.165) is 41.0 Å². The molecule has 3 aliphatic rings. The highest BCUT2D eigenvalue weighted by Crippen LogP contribution is 2.46. The van der Waals surface area contributed by atoms with Crippen molar-refractivity contribution in [3.05, 3.63) is 132 Å².